The lowest BCUT2D eigenvalue weighted by atomic mass is 10.1. The van der Waals surface area contributed by atoms with Gasteiger partial charge in [0.05, 0.1) is 6.54 Å². The Balaban J connectivity index is 1.95. The Morgan fingerprint density at radius 1 is 1.26 bits per heavy atom. The van der Waals surface area contributed by atoms with Crippen molar-refractivity contribution in [3.05, 3.63) is 59.5 Å². The molecular weight excluding hydrogens is 242 g/mol. The Kier molecular flexibility index (Phi) is 4.36. The van der Waals surface area contributed by atoms with Gasteiger partial charge in [0, 0.05) is 0 Å². The van der Waals surface area contributed by atoms with Crippen LogP contribution in [0.4, 0.5) is 0 Å². The van der Waals surface area contributed by atoms with Crippen LogP contribution in [0.25, 0.3) is 0 Å². The standard InChI is InChI=1S/C15H17NO3/c1-11-7-8-13(19-11)10-16-14(15(17)18)9-12-5-3-2-4-6-12/h2-8,14,16H,9-10H2,1H3,(H,17,18)/t14-/m0/s1. The van der Waals surface area contributed by atoms with Crippen molar-refractivity contribution in [1.82, 2.24) is 5.32 Å². The average molecular weight is 259 g/mol. The van der Waals surface area contributed by atoms with Gasteiger partial charge in [0.2, 0.25) is 0 Å². The van der Waals surface area contributed by atoms with Gasteiger partial charge >= 0.3 is 5.97 Å². The van der Waals surface area contributed by atoms with E-state index in [0.717, 1.165) is 17.1 Å². The van der Waals surface area contributed by atoms with E-state index in [1.54, 1.807) is 0 Å². The highest BCUT2D eigenvalue weighted by Crippen LogP contribution is 2.08. The van der Waals surface area contributed by atoms with Crippen molar-refractivity contribution in [2.75, 3.05) is 0 Å². The third kappa shape index (κ3) is 3.96. The van der Waals surface area contributed by atoms with Gasteiger partial charge in [-0.15, -0.1) is 0 Å². The number of aliphatic carboxylic acids is 1. The molecule has 1 heterocycles. The number of aryl methyl sites for hydroxylation is 1. The minimum Gasteiger partial charge on any atom is -0.480 e. The smallest absolute Gasteiger partial charge is 0.321 e. The lowest BCUT2D eigenvalue weighted by Gasteiger charge is -2.13. The topological polar surface area (TPSA) is 62.5 Å². The van der Waals surface area contributed by atoms with E-state index in [1.807, 2.05) is 49.4 Å². The predicted molar refractivity (Wildman–Crippen MR) is 71.9 cm³/mol. The molecule has 0 spiro atoms. The summed E-state index contributed by atoms with van der Waals surface area (Å²) in [6.45, 7) is 2.28. The fourth-order valence-corrected chi connectivity index (χ4v) is 1.90. The Hall–Kier alpha value is -2.07. The summed E-state index contributed by atoms with van der Waals surface area (Å²) in [6.07, 6.45) is 0.454. The molecule has 4 nitrogen and oxygen atoms in total. The molecule has 2 aromatic rings. The van der Waals surface area contributed by atoms with Crippen LogP contribution < -0.4 is 5.32 Å². The van der Waals surface area contributed by atoms with Gasteiger partial charge in [0.1, 0.15) is 17.6 Å². The van der Waals surface area contributed by atoms with Crippen molar-refractivity contribution in [2.24, 2.45) is 0 Å². The molecule has 0 saturated heterocycles. The predicted octanol–water partition coefficient (Wildman–Crippen LogP) is 2.37. The van der Waals surface area contributed by atoms with Crippen molar-refractivity contribution in [3.8, 4) is 0 Å². The van der Waals surface area contributed by atoms with Crippen LogP contribution in [0.2, 0.25) is 0 Å². The lowest BCUT2D eigenvalue weighted by Crippen LogP contribution is -2.38. The molecule has 1 aromatic carbocycles. The summed E-state index contributed by atoms with van der Waals surface area (Å²) in [5, 5.41) is 12.2. The Morgan fingerprint density at radius 3 is 2.58 bits per heavy atom. The first-order chi connectivity index (χ1) is 9.15. The highest BCUT2D eigenvalue weighted by Gasteiger charge is 2.17. The van der Waals surface area contributed by atoms with Crippen molar-refractivity contribution >= 4 is 5.97 Å². The van der Waals surface area contributed by atoms with E-state index in [4.69, 9.17) is 4.42 Å². The van der Waals surface area contributed by atoms with Gasteiger partial charge < -0.3 is 9.52 Å². The molecule has 0 saturated carbocycles. The van der Waals surface area contributed by atoms with Gasteiger partial charge in [-0.05, 0) is 31.0 Å². The molecule has 1 aromatic heterocycles. The zero-order valence-corrected chi connectivity index (χ0v) is 10.8. The molecule has 2 rings (SSSR count). The van der Waals surface area contributed by atoms with Gasteiger partial charge in [0.25, 0.3) is 0 Å². The van der Waals surface area contributed by atoms with Gasteiger partial charge in [-0.3, -0.25) is 10.1 Å². The van der Waals surface area contributed by atoms with Crippen LogP contribution >= 0.6 is 0 Å². The fourth-order valence-electron chi connectivity index (χ4n) is 1.90. The maximum absolute atomic E-state index is 11.2. The van der Waals surface area contributed by atoms with Crippen LogP contribution in [0.5, 0.6) is 0 Å². The maximum Gasteiger partial charge on any atom is 0.321 e. The largest absolute Gasteiger partial charge is 0.480 e. The number of hydrogen-bond acceptors (Lipinski definition) is 3. The second-order valence-electron chi connectivity index (χ2n) is 4.47. The van der Waals surface area contributed by atoms with Crippen molar-refractivity contribution in [2.45, 2.75) is 25.9 Å². The molecule has 4 heteroatoms. The first-order valence-electron chi connectivity index (χ1n) is 6.20. The second-order valence-corrected chi connectivity index (χ2v) is 4.47. The number of carboxylic acids is 1. The molecule has 2 N–H and O–H groups in total. The van der Waals surface area contributed by atoms with E-state index in [2.05, 4.69) is 5.32 Å². The SMILES string of the molecule is Cc1ccc(CN[C@@H](Cc2ccccc2)C(=O)O)o1. The number of furan rings is 1. The van der Waals surface area contributed by atoms with Crippen LogP contribution in [0.1, 0.15) is 17.1 Å². The summed E-state index contributed by atoms with van der Waals surface area (Å²) in [4.78, 5) is 11.2. The van der Waals surface area contributed by atoms with E-state index in [0.29, 0.717) is 13.0 Å². The summed E-state index contributed by atoms with van der Waals surface area (Å²) in [5.74, 6) is 0.718. The molecule has 0 amide bonds. The van der Waals surface area contributed by atoms with Gasteiger partial charge in [0.15, 0.2) is 0 Å². The Labute approximate surface area is 112 Å². The third-order valence-corrected chi connectivity index (χ3v) is 2.90. The van der Waals surface area contributed by atoms with E-state index in [9.17, 15) is 9.90 Å². The summed E-state index contributed by atoms with van der Waals surface area (Å²) in [7, 11) is 0. The third-order valence-electron chi connectivity index (χ3n) is 2.90. The normalized spacial score (nSPS) is 12.3. The van der Waals surface area contributed by atoms with Crippen LogP contribution in [0.15, 0.2) is 46.9 Å². The fraction of sp³-hybridized carbons (Fsp3) is 0.267. The first-order valence-corrected chi connectivity index (χ1v) is 6.20. The van der Waals surface area contributed by atoms with Crippen molar-refractivity contribution in [1.29, 1.82) is 0 Å². The first kappa shape index (κ1) is 13.4. The summed E-state index contributed by atoms with van der Waals surface area (Å²) < 4.78 is 5.41. The number of hydrogen-bond donors (Lipinski definition) is 2. The zero-order valence-electron chi connectivity index (χ0n) is 10.8. The number of nitrogens with one attached hydrogen (secondary N) is 1. The van der Waals surface area contributed by atoms with Crippen molar-refractivity contribution < 1.29 is 14.3 Å². The van der Waals surface area contributed by atoms with Crippen LogP contribution in [-0.2, 0) is 17.8 Å². The molecule has 100 valence electrons. The molecule has 0 aliphatic heterocycles. The molecular formula is C15H17NO3. The molecule has 0 fully saturated rings. The highest BCUT2D eigenvalue weighted by atomic mass is 16.4. The molecule has 0 aliphatic rings. The molecule has 0 aliphatic carbocycles. The summed E-state index contributed by atoms with van der Waals surface area (Å²) >= 11 is 0. The van der Waals surface area contributed by atoms with Crippen LogP contribution in [-0.4, -0.2) is 17.1 Å². The number of benzene rings is 1. The number of carboxylic acid groups (broad SMARTS) is 1. The average Bonchev–Trinajstić information content (AvgIpc) is 2.81. The molecule has 0 unspecified atom stereocenters. The van der Waals surface area contributed by atoms with Gasteiger partial charge in [-0.1, -0.05) is 30.3 Å². The quantitative estimate of drug-likeness (QED) is 0.836. The van der Waals surface area contributed by atoms with E-state index in [-0.39, 0.29) is 0 Å². The monoisotopic (exact) mass is 259 g/mol. The number of rotatable bonds is 6. The Morgan fingerprint density at radius 2 is 2.00 bits per heavy atom. The Bertz CT molecular complexity index is 533. The molecule has 0 radical (unpaired) electrons. The van der Waals surface area contributed by atoms with E-state index < -0.39 is 12.0 Å². The second kappa shape index (κ2) is 6.20. The van der Waals surface area contributed by atoms with Gasteiger partial charge in [-0.25, -0.2) is 0 Å². The molecule has 1 atom stereocenters. The highest BCUT2D eigenvalue weighted by molar-refractivity contribution is 5.73. The maximum atomic E-state index is 11.2. The van der Waals surface area contributed by atoms with E-state index in [1.165, 1.54) is 0 Å². The molecule has 19 heavy (non-hydrogen) atoms. The number of carbonyl (C=O) groups is 1. The molecule has 0 bridgehead atoms. The van der Waals surface area contributed by atoms with Crippen molar-refractivity contribution in [3.63, 3.8) is 0 Å². The van der Waals surface area contributed by atoms with Crippen LogP contribution in [0.3, 0.4) is 0 Å². The minimum absolute atomic E-state index is 0.414. The minimum atomic E-state index is -0.855. The summed E-state index contributed by atoms with van der Waals surface area (Å²) in [5.41, 5.74) is 0.998. The van der Waals surface area contributed by atoms with E-state index >= 15 is 0 Å². The van der Waals surface area contributed by atoms with Gasteiger partial charge in [-0.2, -0.15) is 0 Å². The van der Waals surface area contributed by atoms with Crippen LogP contribution in [0, 0.1) is 6.92 Å². The summed E-state index contributed by atoms with van der Waals surface area (Å²) in [6, 6.07) is 12.7. The lowest BCUT2D eigenvalue weighted by molar-refractivity contribution is -0.139. The zero-order chi connectivity index (χ0) is 13.7.